The minimum Gasteiger partial charge on any atom is -0.338 e. The van der Waals surface area contributed by atoms with Gasteiger partial charge in [0, 0.05) is 12.2 Å². The first-order valence-electron chi connectivity index (χ1n) is 7.35. The lowest BCUT2D eigenvalue weighted by Gasteiger charge is -2.13. The number of anilines is 1. The molecule has 1 aromatic rings. The van der Waals surface area contributed by atoms with Crippen molar-refractivity contribution < 1.29 is 18.0 Å². The predicted molar refractivity (Wildman–Crippen MR) is 79.6 cm³/mol. The molecule has 2 N–H and O–H groups in total. The van der Waals surface area contributed by atoms with Crippen LogP contribution in [0.5, 0.6) is 0 Å². The average molecular weight is 312 g/mol. The SMILES string of the molecule is O=C(NCCC1=CCCCC1)Nc1cccc(C(F)(F)F)c1. The Hall–Kier alpha value is -1.98. The van der Waals surface area contributed by atoms with Gasteiger partial charge in [0.2, 0.25) is 0 Å². The van der Waals surface area contributed by atoms with Gasteiger partial charge in [-0.1, -0.05) is 17.7 Å². The van der Waals surface area contributed by atoms with Gasteiger partial charge in [-0.25, -0.2) is 4.79 Å². The van der Waals surface area contributed by atoms with Crippen LogP contribution in [0.3, 0.4) is 0 Å². The van der Waals surface area contributed by atoms with E-state index in [0.717, 1.165) is 31.4 Å². The highest BCUT2D eigenvalue weighted by Crippen LogP contribution is 2.30. The molecule has 0 aromatic heterocycles. The number of nitrogens with one attached hydrogen (secondary N) is 2. The molecule has 1 aliphatic rings. The zero-order valence-electron chi connectivity index (χ0n) is 12.2. The highest BCUT2D eigenvalue weighted by atomic mass is 19.4. The van der Waals surface area contributed by atoms with Gasteiger partial charge in [-0.3, -0.25) is 0 Å². The van der Waals surface area contributed by atoms with Crippen LogP contribution in [0.2, 0.25) is 0 Å². The summed E-state index contributed by atoms with van der Waals surface area (Å²) < 4.78 is 37.7. The number of carbonyl (C=O) groups excluding carboxylic acids is 1. The Kier molecular flexibility index (Phi) is 5.46. The van der Waals surface area contributed by atoms with Crippen LogP contribution in [0, 0.1) is 0 Å². The number of alkyl halides is 3. The fourth-order valence-corrected chi connectivity index (χ4v) is 2.42. The van der Waals surface area contributed by atoms with Crippen LogP contribution < -0.4 is 10.6 Å². The van der Waals surface area contributed by atoms with Gasteiger partial charge in [-0.2, -0.15) is 13.2 Å². The Morgan fingerprint density at radius 2 is 2.05 bits per heavy atom. The van der Waals surface area contributed by atoms with Gasteiger partial charge in [0.1, 0.15) is 0 Å². The maximum atomic E-state index is 12.6. The molecule has 2 rings (SSSR count). The Bertz CT molecular complexity index is 553. The summed E-state index contributed by atoms with van der Waals surface area (Å²) in [7, 11) is 0. The number of hydrogen-bond donors (Lipinski definition) is 2. The van der Waals surface area contributed by atoms with Crippen molar-refractivity contribution in [1.82, 2.24) is 5.32 Å². The van der Waals surface area contributed by atoms with Crippen LogP contribution in [-0.2, 0) is 6.18 Å². The summed E-state index contributed by atoms with van der Waals surface area (Å²) in [6.07, 6.45) is 3.13. The van der Waals surface area contributed by atoms with E-state index in [9.17, 15) is 18.0 Å². The number of urea groups is 1. The van der Waals surface area contributed by atoms with E-state index in [1.54, 1.807) is 0 Å². The lowest BCUT2D eigenvalue weighted by molar-refractivity contribution is -0.137. The van der Waals surface area contributed by atoms with Crippen molar-refractivity contribution in [2.24, 2.45) is 0 Å². The molecule has 0 radical (unpaired) electrons. The van der Waals surface area contributed by atoms with Crippen molar-refractivity contribution in [3.63, 3.8) is 0 Å². The smallest absolute Gasteiger partial charge is 0.338 e. The van der Waals surface area contributed by atoms with Crippen LogP contribution in [-0.4, -0.2) is 12.6 Å². The van der Waals surface area contributed by atoms with Crippen LogP contribution in [0.15, 0.2) is 35.9 Å². The second-order valence-corrected chi connectivity index (χ2v) is 5.32. The summed E-state index contributed by atoms with van der Waals surface area (Å²) in [5, 5.41) is 5.09. The summed E-state index contributed by atoms with van der Waals surface area (Å²) in [5.74, 6) is 0. The van der Waals surface area contributed by atoms with Crippen LogP contribution in [0.4, 0.5) is 23.7 Å². The highest BCUT2D eigenvalue weighted by Gasteiger charge is 2.30. The molecule has 0 aliphatic heterocycles. The molecule has 0 heterocycles. The third-order valence-electron chi connectivity index (χ3n) is 3.56. The molecule has 22 heavy (non-hydrogen) atoms. The number of amides is 2. The molecule has 1 aliphatic carbocycles. The minimum absolute atomic E-state index is 0.129. The van der Waals surface area contributed by atoms with Crippen molar-refractivity contribution in [3.8, 4) is 0 Å². The summed E-state index contributed by atoms with van der Waals surface area (Å²) in [5.41, 5.74) is 0.687. The average Bonchev–Trinajstić information content (AvgIpc) is 2.48. The molecule has 1 aromatic carbocycles. The summed E-state index contributed by atoms with van der Waals surface area (Å²) >= 11 is 0. The van der Waals surface area contributed by atoms with Crippen LogP contribution in [0.1, 0.15) is 37.7 Å². The third kappa shape index (κ3) is 5.09. The summed E-state index contributed by atoms with van der Waals surface area (Å²) in [4.78, 5) is 11.7. The van der Waals surface area contributed by atoms with Crippen molar-refractivity contribution in [1.29, 1.82) is 0 Å². The molecule has 3 nitrogen and oxygen atoms in total. The number of allylic oxidation sites excluding steroid dienone is 1. The van der Waals surface area contributed by atoms with E-state index in [-0.39, 0.29) is 5.69 Å². The number of carbonyl (C=O) groups is 1. The third-order valence-corrected chi connectivity index (χ3v) is 3.56. The predicted octanol–water partition coefficient (Wildman–Crippen LogP) is 4.72. The number of rotatable bonds is 4. The molecule has 0 saturated carbocycles. The normalized spacial score (nSPS) is 15.1. The highest BCUT2D eigenvalue weighted by molar-refractivity contribution is 5.89. The van der Waals surface area contributed by atoms with Gasteiger partial charge >= 0.3 is 12.2 Å². The first kappa shape index (κ1) is 16.4. The molecule has 120 valence electrons. The first-order chi connectivity index (χ1) is 10.4. The maximum absolute atomic E-state index is 12.6. The fourth-order valence-electron chi connectivity index (χ4n) is 2.42. The lowest BCUT2D eigenvalue weighted by atomic mass is 9.97. The molecule has 2 amide bonds. The van der Waals surface area contributed by atoms with Gasteiger partial charge in [-0.15, -0.1) is 0 Å². The second-order valence-electron chi connectivity index (χ2n) is 5.32. The fraction of sp³-hybridized carbons (Fsp3) is 0.438. The van der Waals surface area contributed by atoms with E-state index in [4.69, 9.17) is 0 Å². The van der Waals surface area contributed by atoms with Crippen molar-refractivity contribution in [3.05, 3.63) is 41.5 Å². The van der Waals surface area contributed by atoms with E-state index in [0.29, 0.717) is 6.54 Å². The Morgan fingerprint density at radius 3 is 2.73 bits per heavy atom. The summed E-state index contributed by atoms with van der Waals surface area (Å²) in [6, 6.07) is 4.10. The Balaban J connectivity index is 1.80. The zero-order chi connectivity index (χ0) is 16.0. The van der Waals surface area contributed by atoms with Crippen LogP contribution in [0.25, 0.3) is 0 Å². The molecule has 0 atom stereocenters. The standard InChI is InChI=1S/C16H19F3N2O/c17-16(18,19)13-7-4-8-14(11-13)21-15(22)20-10-9-12-5-2-1-3-6-12/h4-5,7-8,11H,1-3,6,9-10H2,(H2,20,21,22). The van der Waals surface area contributed by atoms with Gasteiger partial charge in [0.25, 0.3) is 0 Å². The number of benzene rings is 1. The second kappa shape index (κ2) is 7.33. The topological polar surface area (TPSA) is 41.1 Å². The molecule has 0 bridgehead atoms. The lowest BCUT2D eigenvalue weighted by Crippen LogP contribution is -2.29. The first-order valence-corrected chi connectivity index (χ1v) is 7.35. The van der Waals surface area contributed by atoms with Gasteiger partial charge in [0.15, 0.2) is 0 Å². The van der Waals surface area contributed by atoms with E-state index in [1.165, 1.54) is 30.5 Å². The van der Waals surface area contributed by atoms with Crippen molar-refractivity contribution in [2.75, 3.05) is 11.9 Å². The molecule has 0 fully saturated rings. The van der Waals surface area contributed by atoms with Gasteiger partial charge < -0.3 is 10.6 Å². The molecule has 0 unspecified atom stereocenters. The van der Waals surface area contributed by atoms with E-state index in [2.05, 4.69) is 16.7 Å². The zero-order valence-corrected chi connectivity index (χ0v) is 12.2. The summed E-state index contributed by atoms with van der Waals surface area (Å²) in [6.45, 7) is 0.483. The van der Waals surface area contributed by atoms with Gasteiger partial charge in [0.05, 0.1) is 5.56 Å². The van der Waals surface area contributed by atoms with E-state index >= 15 is 0 Å². The van der Waals surface area contributed by atoms with E-state index in [1.807, 2.05) is 0 Å². The largest absolute Gasteiger partial charge is 0.416 e. The van der Waals surface area contributed by atoms with Gasteiger partial charge in [-0.05, 0) is 50.3 Å². The Morgan fingerprint density at radius 1 is 1.23 bits per heavy atom. The Labute approximate surface area is 127 Å². The minimum atomic E-state index is -4.42. The molecular formula is C16H19F3N2O. The molecule has 0 spiro atoms. The van der Waals surface area contributed by atoms with Crippen LogP contribution >= 0.6 is 0 Å². The maximum Gasteiger partial charge on any atom is 0.416 e. The molecular weight excluding hydrogens is 293 g/mol. The number of halogens is 3. The molecule has 6 heteroatoms. The van der Waals surface area contributed by atoms with Crippen molar-refractivity contribution in [2.45, 2.75) is 38.3 Å². The molecule has 0 saturated heterocycles. The quantitative estimate of drug-likeness (QED) is 0.776. The monoisotopic (exact) mass is 312 g/mol. The van der Waals surface area contributed by atoms with E-state index < -0.39 is 17.8 Å². The van der Waals surface area contributed by atoms with Crippen molar-refractivity contribution >= 4 is 11.7 Å². The number of hydrogen-bond acceptors (Lipinski definition) is 1.